The number of nitrogens with zero attached hydrogens (tertiary/aromatic N) is 3. The highest BCUT2D eigenvalue weighted by Crippen LogP contribution is 2.16. The van der Waals surface area contributed by atoms with Crippen molar-refractivity contribution in [2.75, 3.05) is 17.6 Å². The van der Waals surface area contributed by atoms with E-state index < -0.39 is 0 Å². The van der Waals surface area contributed by atoms with Gasteiger partial charge < -0.3 is 5.32 Å². The molecule has 2 heterocycles. The molecule has 1 aromatic carbocycles. The summed E-state index contributed by atoms with van der Waals surface area (Å²) in [7, 11) is 0. The summed E-state index contributed by atoms with van der Waals surface area (Å²) >= 11 is 1.84. The van der Waals surface area contributed by atoms with Crippen molar-refractivity contribution in [2.24, 2.45) is 0 Å². The van der Waals surface area contributed by atoms with Gasteiger partial charge in [0.1, 0.15) is 5.82 Å². The minimum Gasteiger partial charge on any atom is -0.369 e. The lowest BCUT2D eigenvalue weighted by atomic mass is 10.4. The van der Waals surface area contributed by atoms with Crippen LogP contribution in [-0.4, -0.2) is 26.9 Å². The first-order valence-electron chi connectivity index (χ1n) is 6.14. The second kappa shape index (κ2) is 5.75. The molecule has 0 amide bonds. The van der Waals surface area contributed by atoms with Gasteiger partial charge in [0.2, 0.25) is 0 Å². The van der Waals surface area contributed by atoms with E-state index in [-0.39, 0.29) is 0 Å². The Balaban J connectivity index is 1.52. The van der Waals surface area contributed by atoms with Crippen molar-refractivity contribution in [3.63, 3.8) is 0 Å². The zero-order valence-corrected chi connectivity index (χ0v) is 11.2. The maximum absolute atomic E-state index is 4.46. The first kappa shape index (κ1) is 12.0. The Labute approximate surface area is 115 Å². The van der Waals surface area contributed by atoms with Crippen molar-refractivity contribution >= 4 is 23.2 Å². The van der Waals surface area contributed by atoms with E-state index in [2.05, 4.69) is 39.7 Å². The molecule has 1 N–H and O–H groups in total. The third-order valence-corrected chi connectivity index (χ3v) is 3.69. The van der Waals surface area contributed by atoms with Gasteiger partial charge in [-0.15, -0.1) is 11.8 Å². The van der Waals surface area contributed by atoms with Crippen LogP contribution in [0.25, 0.3) is 5.65 Å². The second-order valence-electron chi connectivity index (χ2n) is 4.04. The Hall–Kier alpha value is -2.01. The summed E-state index contributed by atoms with van der Waals surface area (Å²) in [6.45, 7) is 0.886. The largest absolute Gasteiger partial charge is 0.369 e. The van der Waals surface area contributed by atoms with Crippen LogP contribution in [0.2, 0.25) is 0 Å². The average molecular weight is 270 g/mol. The Kier molecular flexibility index (Phi) is 3.65. The van der Waals surface area contributed by atoms with Crippen molar-refractivity contribution < 1.29 is 0 Å². The molecule has 3 rings (SSSR count). The Bertz CT molecular complexity index is 651. The van der Waals surface area contributed by atoms with Crippen molar-refractivity contribution in [2.45, 2.75) is 4.90 Å². The van der Waals surface area contributed by atoms with Crippen LogP contribution in [0, 0.1) is 0 Å². The van der Waals surface area contributed by atoms with Crippen LogP contribution in [0.4, 0.5) is 5.82 Å². The molecule has 0 saturated carbocycles. The van der Waals surface area contributed by atoms with E-state index in [0.29, 0.717) is 0 Å². The molecule has 2 aromatic heterocycles. The van der Waals surface area contributed by atoms with Gasteiger partial charge in [0.15, 0.2) is 5.65 Å². The number of aromatic nitrogens is 3. The van der Waals surface area contributed by atoms with Gasteiger partial charge in [0.05, 0.1) is 6.20 Å². The van der Waals surface area contributed by atoms with Gasteiger partial charge in [-0.1, -0.05) is 18.2 Å². The minimum atomic E-state index is 0.862. The maximum Gasteiger partial charge on any atom is 0.157 e. The number of hydrogen-bond acceptors (Lipinski definition) is 4. The molecule has 5 heteroatoms. The molecule has 0 spiro atoms. The second-order valence-corrected chi connectivity index (χ2v) is 5.20. The Morgan fingerprint density at radius 2 is 2.00 bits per heavy atom. The fourth-order valence-electron chi connectivity index (χ4n) is 1.78. The van der Waals surface area contributed by atoms with Crippen molar-refractivity contribution in [3.8, 4) is 0 Å². The molecule has 0 aliphatic rings. The van der Waals surface area contributed by atoms with E-state index in [1.165, 1.54) is 4.90 Å². The molecule has 19 heavy (non-hydrogen) atoms. The lowest BCUT2D eigenvalue weighted by Crippen LogP contribution is -2.06. The molecule has 4 nitrogen and oxygen atoms in total. The van der Waals surface area contributed by atoms with Gasteiger partial charge in [-0.3, -0.25) is 0 Å². The van der Waals surface area contributed by atoms with Crippen LogP contribution in [0.3, 0.4) is 0 Å². The summed E-state index contributed by atoms with van der Waals surface area (Å²) in [4.78, 5) is 5.75. The van der Waals surface area contributed by atoms with E-state index in [4.69, 9.17) is 0 Å². The number of benzene rings is 1. The molecule has 3 aromatic rings. The summed E-state index contributed by atoms with van der Waals surface area (Å²) in [5.41, 5.74) is 0.862. The van der Waals surface area contributed by atoms with Gasteiger partial charge in [-0.25, -0.2) is 9.50 Å². The highest BCUT2D eigenvalue weighted by Gasteiger charge is 1.98. The number of nitrogens with one attached hydrogen (secondary N) is 1. The fourth-order valence-corrected chi connectivity index (χ4v) is 2.57. The predicted molar refractivity (Wildman–Crippen MR) is 78.6 cm³/mol. The zero-order chi connectivity index (χ0) is 12.9. The zero-order valence-electron chi connectivity index (χ0n) is 10.4. The van der Waals surface area contributed by atoms with E-state index in [1.54, 1.807) is 10.7 Å². The summed E-state index contributed by atoms with van der Waals surface area (Å²) in [6.07, 6.45) is 3.66. The van der Waals surface area contributed by atoms with E-state index in [9.17, 15) is 0 Å². The third kappa shape index (κ3) is 3.06. The third-order valence-electron chi connectivity index (χ3n) is 2.68. The summed E-state index contributed by atoms with van der Waals surface area (Å²) < 4.78 is 1.75. The molecular weight excluding hydrogens is 256 g/mol. The standard InChI is InChI=1S/C14H14N4S/c1-2-4-12(5-3-1)19-11-9-15-13-7-10-18-14(17-13)6-8-16-18/h1-8,10H,9,11H2,(H,15,17). The number of fused-ring (bicyclic) bond motifs is 1. The van der Waals surface area contributed by atoms with Gasteiger partial charge in [0.25, 0.3) is 0 Å². The molecule has 96 valence electrons. The molecule has 0 aliphatic carbocycles. The van der Waals surface area contributed by atoms with E-state index >= 15 is 0 Å². The van der Waals surface area contributed by atoms with Crippen molar-refractivity contribution in [1.29, 1.82) is 0 Å². The molecule has 0 fully saturated rings. The summed E-state index contributed by atoms with van der Waals surface area (Å²) in [6, 6.07) is 14.2. The molecule has 0 bridgehead atoms. The van der Waals surface area contributed by atoms with Gasteiger partial charge in [0, 0.05) is 29.5 Å². The van der Waals surface area contributed by atoms with Crippen LogP contribution in [0.15, 0.2) is 59.8 Å². The molecular formula is C14H14N4S. The molecule has 0 aliphatic heterocycles. The lowest BCUT2D eigenvalue weighted by Gasteiger charge is -2.05. The SMILES string of the molecule is c1ccc(SCCNc2ccn3nccc3n2)cc1. The predicted octanol–water partition coefficient (Wildman–Crippen LogP) is 2.93. The fraction of sp³-hybridized carbons (Fsp3) is 0.143. The van der Waals surface area contributed by atoms with Gasteiger partial charge in [-0.05, 0) is 18.2 Å². The number of anilines is 1. The maximum atomic E-state index is 4.46. The number of thioether (sulfide) groups is 1. The number of rotatable bonds is 5. The van der Waals surface area contributed by atoms with Crippen LogP contribution in [-0.2, 0) is 0 Å². The van der Waals surface area contributed by atoms with E-state index in [0.717, 1.165) is 23.8 Å². The average Bonchev–Trinajstić information content (AvgIpc) is 2.92. The smallest absolute Gasteiger partial charge is 0.157 e. The Morgan fingerprint density at radius 1 is 1.11 bits per heavy atom. The Morgan fingerprint density at radius 3 is 2.89 bits per heavy atom. The first-order valence-corrected chi connectivity index (χ1v) is 7.12. The monoisotopic (exact) mass is 270 g/mol. The number of hydrogen-bond donors (Lipinski definition) is 1. The topological polar surface area (TPSA) is 42.2 Å². The van der Waals surface area contributed by atoms with Crippen molar-refractivity contribution in [1.82, 2.24) is 14.6 Å². The van der Waals surface area contributed by atoms with Gasteiger partial charge >= 0.3 is 0 Å². The summed E-state index contributed by atoms with van der Waals surface area (Å²) in [5, 5.41) is 7.44. The quantitative estimate of drug-likeness (QED) is 0.572. The van der Waals surface area contributed by atoms with Crippen LogP contribution < -0.4 is 5.32 Å². The molecule has 0 saturated heterocycles. The minimum absolute atomic E-state index is 0.862. The molecule has 0 radical (unpaired) electrons. The molecule has 0 unspecified atom stereocenters. The van der Waals surface area contributed by atoms with E-state index in [1.807, 2.05) is 36.2 Å². The highest BCUT2D eigenvalue weighted by molar-refractivity contribution is 7.99. The van der Waals surface area contributed by atoms with Crippen molar-refractivity contribution in [3.05, 3.63) is 54.9 Å². The van der Waals surface area contributed by atoms with Crippen LogP contribution in [0.5, 0.6) is 0 Å². The van der Waals surface area contributed by atoms with Gasteiger partial charge in [-0.2, -0.15) is 5.10 Å². The van der Waals surface area contributed by atoms with Crippen LogP contribution >= 0.6 is 11.8 Å². The normalized spacial score (nSPS) is 10.7. The van der Waals surface area contributed by atoms with Crippen LogP contribution in [0.1, 0.15) is 0 Å². The molecule has 0 atom stereocenters. The first-order chi connectivity index (χ1) is 9.42. The lowest BCUT2D eigenvalue weighted by molar-refractivity contribution is 0.938. The summed E-state index contributed by atoms with van der Waals surface area (Å²) in [5.74, 6) is 1.90. The highest BCUT2D eigenvalue weighted by atomic mass is 32.2.